The minimum absolute atomic E-state index is 0.0935. The maximum atomic E-state index is 13.7. The minimum Gasteiger partial charge on any atom is -0.322 e. The Morgan fingerprint density at radius 1 is 1.36 bits per heavy atom. The minimum atomic E-state index is -2.99. The first-order valence-corrected chi connectivity index (χ1v) is 11.0. The van der Waals surface area contributed by atoms with Crippen molar-refractivity contribution in [1.82, 2.24) is 14.7 Å². The van der Waals surface area contributed by atoms with E-state index in [9.17, 15) is 17.6 Å². The maximum absolute atomic E-state index is 13.7. The van der Waals surface area contributed by atoms with Crippen LogP contribution in [-0.2, 0) is 21.2 Å². The second-order valence-electron chi connectivity index (χ2n) is 7.35. The number of sulfone groups is 1. The summed E-state index contributed by atoms with van der Waals surface area (Å²) in [6, 6.07) is 5.90. The number of halogens is 1. The Kier molecular flexibility index (Phi) is 5.85. The van der Waals surface area contributed by atoms with Gasteiger partial charge in [0.15, 0.2) is 9.84 Å². The van der Waals surface area contributed by atoms with Crippen LogP contribution >= 0.6 is 0 Å². The van der Waals surface area contributed by atoms with Gasteiger partial charge in [-0.25, -0.2) is 12.8 Å². The first kappa shape index (κ1) is 20.5. The highest BCUT2D eigenvalue weighted by Gasteiger charge is 2.31. The zero-order chi connectivity index (χ0) is 20.5. The highest BCUT2D eigenvalue weighted by atomic mass is 32.2. The first-order valence-electron chi connectivity index (χ1n) is 9.14. The molecule has 2 aromatic rings. The second kappa shape index (κ2) is 8.00. The van der Waals surface area contributed by atoms with Crippen LogP contribution in [0.5, 0.6) is 0 Å². The van der Waals surface area contributed by atoms with Gasteiger partial charge < -0.3 is 5.32 Å². The van der Waals surface area contributed by atoms with Gasteiger partial charge in [-0.2, -0.15) is 5.10 Å². The molecule has 1 N–H and O–H groups in total. The number of rotatable bonds is 6. The number of nitrogens with zero attached hydrogens (tertiary/aromatic N) is 3. The summed E-state index contributed by atoms with van der Waals surface area (Å²) < 4.78 is 39.0. The molecule has 2 heterocycles. The summed E-state index contributed by atoms with van der Waals surface area (Å²) in [4.78, 5) is 14.0. The van der Waals surface area contributed by atoms with E-state index in [0.29, 0.717) is 13.0 Å². The highest BCUT2D eigenvalue weighted by Crippen LogP contribution is 2.27. The quantitative estimate of drug-likeness (QED) is 0.791. The van der Waals surface area contributed by atoms with Crippen LogP contribution in [-0.4, -0.2) is 54.1 Å². The molecular weight excluding hydrogens is 383 g/mol. The number of nitrogens with one attached hydrogen (secondary N) is 1. The van der Waals surface area contributed by atoms with E-state index in [0.717, 1.165) is 17.0 Å². The number of amides is 1. The molecule has 1 aliphatic rings. The van der Waals surface area contributed by atoms with Crippen molar-refractivity contribution in [2.45, 2.75) is 32.9 Å². The van der Waals surface area contributed by atoms with Gasteiger partial charge in [-0.05, 0) is 39.4 Å². The summed E-state index contributed by atoms with van der Waals surface area (Å²) in [7, 11) is -1.19. The smallest absolute Gasteiger partial charge is 0.238 e. The van der Waals surface area contributed by atoms with E-state index in [1.807, 2.05) is 23.4 Å². The molecule has 1 aliphatic heterocycles. The molecule has 0 radical (unpaired) electrons. The van der Waals surface area contributed by atoms with Crippen LogP contribution in [0, 0.1) is 19.7 Å². The van der Waals surface area contributed by atoms with Crippen molar-refractivity contribution in [3.8, 4) is 0 Å². The van der Waals surface area contributed by atoms with Gasteiger partial charge in [0.05, 0.1) is 35.5 Å². The third-order valence-corrected chi connectivity index (χ3v) is 6.77. The number of anilines is 1. The van der Waals surface area contributed by atoms with Crippen molar-refractivity contribution in [3.63, 3.8) is 0 Å². The summed E-state index contributed by atoms with van der Waals surface area (Å²) >= 11 is 0. The zero-order valence-electron chi connectivity index (χ0n) is 16.3. The maximum Gasteiger partial charge on any atom is 0.238 e. The molecule has 1 aromatic carbocycles. The van der Waals surface area contributed by atoms with E-state index in [1.54, 1.807) is 19.2 Å². The summed E-state index contributed by atoms with van der Waals surface area (Å²) in [5.41, 5.74) is 2.87. The number of hydrogen-bond donors (Lipinski definition) is 1. The highest BCUT2D eigenvalue weighted by molar-refractivity contribution is 7.91. The Labute approximate surface area is 164 Å². The standard InChI is InChI=1S/C19H25FN4O3S/c1-13-16(14(2)24(22-13)15-8-9-28(26,27)12-15)10-23(3)11-19(25)21-18-7-5-4-6-17(18)20/h4-7,15H,8-12H2,1-3H3,(H,21,25)/t15-/m0/s1. The van der Waals surface area contributed by atoms with E-state index in [1.165, 1.54) is 12.1 Å². The van der Waals surface area contributed by atoms with E-state index < -0.39 is 15.7 Å². The lowest BCUT2D eigenvalue weighted by Gasteiger charge is -2.17. The summed E-state index contributed by atoms with van der Waals surface area (Å²) in [6.45, 7) is 4.39. The molecule has 1 atom stereocenters. The average Bonchev–Trinajstić information content (AvgIpc) is 3.10. The largest absolute Gasteiger partial charge is 0.322 e. The fraction of sp³-hybridized carbons (Fsp3) is 0.474. The SMILES string of the molecule is Cc1nn([C@H]2CCS(=O)(=O)C2)c(C)c1CN(C)CC(=O)Nc1ccccc1F. The van der Waals surface area contributed by atoms with E-state index in [2.05, 4.69) is 10.4 Å². The lowest BCUT2D eigenvalue weighted by molar-refractivity contribution is -0.117. The number of carbonyl (C=O) groups excluding carboxylic acids is 1. The van der Waals surface area contributed by atoms with Crippen molar-refractivity contribution >= 4 is 21.4 Å². The van der Waals surface area contributed by atoms with Gasteiger partial charge in [-0.3, -0.25) is 14.4 Å². The van der Waals surface area contributed by atoms with Crippen molar-refractivity contribution in [2.75, 3.05) is 30.4 Å². The molecule has 28 heavy (non-hydrogen) atoms. The number of benzene rings is 1. The molecule has 152 valence electrons. The lowest BCUT2D eigenvalue weighted by Crippen LogP contribution is -2.30. The Balaban J connectivity index is 1.65. The monoisotopic (exact) mass is 408 g/mol. The summed E-state index contributed by atoms with van der Waals surface area (Å²) in [6.07, 6.45) is 0.574. The van der Waals surface area contributed by atoms with Crippen molar-refractivity contribution < 1.29 is 17.6 Å². The molecular formula is C19H25FN4O3S. The third kappa shape index (κ3) is 4.59. The molecule has 0 bridgehead atoms. The second-order valence-corrected chi connectivity index (χ2v) is 9.58. The Morgan fingerprint density at radius 2 is 2.07 bits per heavy atom. The molecule has 0 unspecified atom stereocenters. The molecule has 7 nitrogen and oxygen atoms in total. The van der Waals surface area contributed by atoms with Crippen LogP contribution in [0.15, 0.2) is 24.3 Å². The molecule has 1 aromatic heterocycles. The van der Waals surface area contributed by atoms with E-state index >= 15 is 0 Å². The predicted molar refractivity (Wildman–Crippen MR) is 105 cm³/mol. The Hall–Kier alpha value is -2.26. The van der Waals surface area contributed by atoms with Crippen LogP contribution in [0.25, 0.3) is 0 Å². The number of aromatic nitrogens is 2. The Morgan fingerprint density at radius 3 is 2.71 bits per heavy atom. The van der Waals surface area contributed by atoms with Crippen molar-refractivity contribution in [3.05, 3.63) is 47.0 Å². The molecule has 0 aliphatic carbocycles. The van der Waals surface area contributed by atoms with Gasteiger partial charge in [-0.1, -0.05) is 12.1 Å². The van der Waals surface area contributed by atoms with Gasteiger partial charge in [0.1, 0.15) is 5.82 Å². The molecule has 9 heteroatoms. The van der Waals surface area contributed by atoms with Crippen LogP contribution in [0.3, 0.4) is 0 Å². The van der Waals surface area contributed by atoms with E-state index in [-0.39, 0.29) is 35.7 Å². The van der Waals surface area contributed by atoms with Gasteiger partial charge in [-0.15, -0.1) is 0 Å². The molecule has 0 spiro atoms. The number of likely N-dealkylation sites (N-methyl/N-ethyl adjacent to an activating group) is 1. The van der Waals surface area contributed by atoms with Crippen LogP contribution in [0.2, 0.25) is 0 Å². The predicted octanol–water partition coefficient (Wildman–Crippen LogP) is 2.07. The van der Waals surface area contributed by atoms with Gasteiger partial charge in [0.25, 0.3) is 0 Å². The Bertz CT molecular complexity index is 987. The molecule has 1 amide bonds. The van der Waals surface area contributed by atoms with Gasteiger partial charge >= 0.3 is 0 Å². The summed E-state index contributed by atoms with van der Waals surface area (Å²) in [5, 5.41) is 7.12. The summed E-state index contributed by atoms with van der Waals surface area (Å²) in [5.74, 6) is -0.466. The van der Waals surface area contributed by atoms with Crippen LogP contribution < -0.4 is 5.32 Å². The number of carbonyl (C=O) groups is 1. The molecule has 1 saturated heterocycles. The fourth-order valence-electron chi connectivity index (χ4n) is 3.57. The van der Waals surface area contributed by atoms with Gasteiger partial charge in [0.2, 0.25) is 5.91 Å². The first-order chi connectivity index (χ1) is 13.2. The van der Waals surface area contributed by atoms with Gasteiger partial charge in [0, 0.05) is 17.8 Å². The molecule has 1 fully saturated rings. The number of hydrogen-bond acceptors (Lipinski definition) is 5. The van der Waals surface area contributed by atoms with E-state index in [4.69, 9.17) is 0 Å². The van der Waals surface area contributed by atoms with Crippen LogP contribution in [0.1, 0.15) is 29.4 Å². The topological polar surface area (TPSA) is 84.3 Å². The zero-order valence-corrected chi connectivity index (χ0v) is 17.1. The average molecular weight is 408 g/mol. The van der Waals surface area contributed by atoms with Crippen molar-refractivity contribution in [2.24, 2.45) is 0 Å². The normalized spacial score (nSPS) is 18.5. The molecule has 3 rings (SSSR count). The molecule has 0 saturated carbocycles. The lowest BCUT2D eigenvalue weighted by atomic mass is 10.1. The number of para-hydroxylation sites is 1. The van der Waals surface area contributed by atoms with Crippen LogP contribution in [0.4, 0.5) is 10.1 Å². The van der Waals surface area contributed by atoms with Crippen molar-refractivity contribution in [1.29, 1.82) is 0 Å². The fourth-order valence-corrected chi connectivity index (χ4v) is 5.26. The third-order valence-electron chi connectivity index (χ3n) is 5.02. The number of aryl methyl sites for hydroxylation is 1.